The maximum Gasteiger partial charge on any atom is 0.327 e. The van der Waals surface area contributed by atoms with E-state index in [9.17, 15) is 9.59 Å². The fourth-order valence-electron chi connectivity index (χ4n) is 3.97. The molecule has 0 aliphatic carbocycles. The van der Waals surface area contributed by atoms with Crippen LogP contribution in [0, 0.1) is 6.92 Å². The second-order valence-electron chi connectivity index (χ2n) is 7.33. The predicted molar refractivity (Wildman–Crippen MR) is 119 cm³/mol. The molecule has 5 rings (SSSR count). The standard InChI is InChI=1S/C23H20N4O3S/c1-13-12-15(30-14-6-4-3-5-7-14)8-9-16(13)27-17-10-11-25-22-18(17)19(26-23(27)29)20(31-22)21(28)24-2/h3-12,19-20H,1-2H3,(H,24,28)(H,26,29). The molecule has 3 heterocycles. The normalized spacial score (nSPS) is 18.9. The predicted octanol–water partition coefficient (Wildman–Crippen LogP) is 4.31. The van der Waals surface area contributed by atoms with Crippen molar-refractivity contribution in [1.82, 2.24) is 15.6 Å². The number of aryl methyl sites for hydroxylation is 1. The van der Waals surface area contributed by atoms with E-state index in [0.717, 1.165) is 33.3 Å². The van der Waals surface area contributed by atoms with E-state index in [1.165, 1.54) is 11.8 Å². The van der Waals surface area contributed by atoms with Gasteiger partial charge in [0.1, 0.15) is 21.8 Å². The van der Waals surface area contributed by atoms with Gasteiger partial charge in [0.15, 0.2) is 0 Å². The Morgan fingerprint density at radius 3 is 2.68 bits per heavy atom. The molecule has 2 atom stereocenters. The number of pyridine rings is 1. The van der Waals surface area contributed by atoms with Crippen LogP contribution in [0.25, 0.3) is 0 Å². The minimum absolute atomic E-state index is 0.133. The van der Waals surface area contributed by atoms with Crippen molar-refractivity contribution in [3.05, 3.63) is 71.9 Å². The molecule has 3 amide bonds. The Morgan fingerprint density at radius 1 is 1.13 bits per heavy atom. The van der Waals surface area contributed by atoms with Crippen LogP contribution in [-0.4, -0.2) is 29.2 Å². The van der Waals surface area contributed by atoms with Gasteiger partial charge < -0.3 is 15.4 Å². The first-order chi connectivity index (χ1) is 15.1. The molecule has 0 bridgehead atoms. The molecule has 2 aromatic carbocycles. The highest BCUT2D eigenvalue weighted by Crippen LogP contribution is 2.50. The van der Waals surface area contributed by atoms with Crippen molar-refractivity contribution in [3.8, 4) is 11.5 Å². The first-order valence-corrected chi connectivity index (χ1v) is 10.8. The van der Waals surface area contributed by atoms with Crippen LogP contribution in [0.1, 0.15) is 17.2 Å². The molecular weight excluding hydrogens is 412 g/mol. The summed E-state index contributed by atoms with van der Waals surface area (Å²) in [6.07, 6.45) is 1.68. The summed E-state index contributed by atoms with van der Waals surface area (Å²) in [6.45, 7) is 1.94. The number of rotatable bonds is 4. The first kappa shape index (κ1) is 19.4. The summed E-state index contributed by atoms with van der Waals surface area (Å²) in [5.74, 6) is 1.31. The molecule has 0 fully saturated rings. The number of benzene rings is 2. The van der Waals surface area contributed by atoms with E-state index >= 15 is 0 Å². The highest BCUT2D eigenvalue weighted by Gasteiger charge is 2.46. The number of nitrogens with zero attached hydrogens (tertiary/aromatic N) is 2. The number of hydrogen-bond acceptors (Lipinski definition) is 5. The Labute approximate surface area is 183 Å². The van der Waals surface area contributed by atoms with E-state index in [2.05, 4.69) is 15.6 Å². The van der Waals surface area contributed by atoms with Crippen LogP contribution in [0.5, 0.6) is 11.5 Å². The van der Waals surface area contributed by atoms with Gasteiger partial charge in [-0.15, -0.1) is 0 Å². The summed E-state index contributed by atoms with van der Waals surface area (Å²) in [4.78, 5) is 31.6. The molecule has 2 unspecified atom stereocenters. The number of nitrogens with one attached hydrogen (secondary N) is 2. The Kier molecular flexibility index (Phi) is 4.78. The van der Waals surface area contributed by atoms with Gasteiger partial charge in [0.25, 0.3) is 0 Å². The van der Waals surface area contributed by atoms with Gasteiger partial charge in [0.05, 0.1) is 17.4 Å². The summed E-state index contributed by atoms with van der Waals surface area (Å²) in [5, 5.41) is 6.00. The Balaban J connectivity index is 1.51. The van der Waals surface area contributed by atoms with Gasteiger partial charge >= 0.3 is 6.03 Å². The lowest BCUT2D eigenvalue weighted by Gasteiger charge is -2.34. The molecule has 2 aliphatic heterocycles. The van der Waals surface area contributed by atoms with Gasteiger partial charge in [-0.1, -0.05) is 30.0 Å². The van der Waals surface area contributed by atoms with Gasteiger partial charge in [0, 0.05) is 18.8 Å². The van der Waals surface area contributed by atoms with E-state index in [-0.39, 0.29) is 11.9 Å². The number of aromatic nitrogens is 1. The summed E-state index contributed by atoms with van der Waals surface area (Å²) in [7, 11) is 1.60. The lowest BCUT2D eigenvalue weighted by molar-refractivity contribution is -0.120. The lowest BCUT2D eigenvalue weighted by Crippen LogP contribution is -2.48. The van der Waals surface area contributed by atoms with Gasteiger partial charge in [0.2, 0.25) is 5.91 Å². The Morgan fingerprint density at radius 2 is 1.94 bits per heavy atom. The maximum absolute atomic E-state index is 13.2. The number of ether oxygens (including phenoxy) is 1. The van der Waals surface area contributed by atoms with Crippen LogP contribution in [0.3, 0.4) is 0 Å². The Hall–Kier alpha value is -3.52. The van der Waals surface area contributed by atoms with Crippen molar-refractivity contribution in [2.75, 3.05) is 11.9 Å². The second-order valence-corrected chi connectivity index (χ2v) is 8.46. The minimum atomic E-state index is -0.442. The second kappa shape index (κ2) is 7.63. The topological polar surface area (TPSA) is 83.6 Å². The number of anilines is 2. The average Bonchev–Trinajstić information content (AvgIpc) is 3.14. The summed E-state index contributed by atoms with van der Waals surface area (Å²) in [6, 6.07) is 16.3. The van der Waals surface area contributed by atoms with Crippen molar-refractivity contribution in [2.45, 2.75) is 23.2 Å². The van der Waals surface area contributed by atoms with Crippen molar-refractivity contribution in [1.29, 1.82) is 0 Å². The smallest absolute Gasteiger partial charge is 0.327 e. The van der Waals surface area contributed by atoms with Crippen LogP contribution in [0.15, 0.2) is 65.8 Å². The average molecular weight is 433 g/mol. The zero-order chi connectivity index (χ0) is 21.5. The number of para-hydroxylation sites is 1. The van der Waals surface area contributed by atoms with E-state index in [0.29, 0.717) is 5.75 Å². The van der Waals surface area contributed by atoms with E-state index in [1.807, 2.05) is 61.5 Å². The molecular formula is C23H20N4O3S. The van der Waals surface area contributed by atoms with Gasteiger partial charge in [-0.05, 0) is 48.9 Å². The SMILES string of the molecule is CNC(=O)C1Sc2nccc3c2C1NC(=O)N3c1ccc(Oc2ccccc2)cc1C. The molecule has 3 aromatic rings. The van der Waals surface area contributed by atoms with Crippen LogP contribution in [-0.2, 0) is 4.79 Å². The van der Waals surface area contributed by atoms with E-state index in [1.54, 1.807) is 18.1 Å². The van der Waals surface area contributed by atoms with E-state index < -0.39 is 11.3 Å². The summed E-state index contributed by atoms with van der Waals surface area (Å²) in [5.41, 5.74) is 3.27. The molecule has 2 N–H and O–H groups in total. The van der Waals surface area contributed by atoms with Crippen molar-refractivity contribution >= 4 is 35.1 Å². The van der Waals surface area contributed by atoms with Gasteiger partial charge in [-0.3, -0.25) is 9.69 Å². The van der Waals surface area contributed by atoms with Crippen molar-refractivity contribution in [2.24, 2.45) is 0 Å². The third-order valence-corrected chi connectivity index (χ3v) is 6.69. The fourth-order valence-corrected chi connectivity index (χ4v) is 5.26. The molecule has 7 nitrogen and oxygen atoms in total. The highest BCUT2D eigenvalue weighted by atomic mass is 32.2. The lowest BCUT2D eigenvalue weighted by atomic mass is 9.99. The number of amides is 3. The maximum atomic E-state index is 13.2. The quantitative estimate of drug-likeness (QED) is 0.642. The molecule has 0 saturated heterocycles. The third-order valence-electron chi connectivity index (χ3n) is 5.40. The van der Waals surface area contributed by atoms with Crippen LogP contribution in [0.4, 0.5) is 16.2 Å². The van der Waals surface area contributed by atoms with Crippen LogP contribution < -0.4 is 20.3 Å². The van der Waals surface area contributed by atoms with Crippen LogP contribution in [0.2, 0.25) is 0 Å². The molecule has 2 aliphatic rings. The largest absolute Gasteiger partial charge is 0.457 e. The summed E-state index contributed by atoms with van der Waals surface area (Å²) < 4.78 is 5.92. The molecule has 31 heavy (non-hydrogen) atoms. The first-order valence-electron chi connectivity index (χ1n) is 9.88. The number of carbonyl (C=O) groups is 2. The highest BCUT2D eigenvalue weighted by molar-refractivity contribution is 8.01. The number of thioether (sulfide) groups is 1. The number of hydrogen-bond donors (Lipinski definition) is 2. The van der Waals surface area contributed by atoms with E-state index in [4.69, 9.17) is 4.74 Å². The number of carbonyl (C=O) groups excluding carboxylic acids is 2. The zero-order valence-corrected chi connectivity index (χ0v) is 17.8. The van der Waals surface area contributed by atoms with Gasteiger partial charge in [-0.25, -0.2) is 9.78 Å². The minimum Gasteiger partial charge on any atom is -0.457 e. The molecule has 1 aromatic heterocycles. The monoisotopic (exact) mass is 432 g/mol. The molecule has 8 heteroatoms. The molecule has 0 spiro atoms. The van der Waals surface area contributed by atoms with Gasteiger partial charge in [-0.2, -0.15) is 0 Å². The third kappa shape index (κ3) is 3.29. The van der Waals surface area contributed by atoms with Crippen molar-refractivity contribution < 1.29 is 14.3 Å². The number of urea groups is 1. The zero-order valence-electron chi connectivity index (χ0n) is 17.0. The molecule has 0 radical (unpaired) electrons. The fraction of sp³-hybridized carbons (Fsp3) is 0.174. The van der Waals surface area contributed by atoms with Crippen molar-refractivity contribution in [3.63, 3.8) is 0 Å². The van der Waals surface area contributed by atoms with Crippen LogP contribution >= 0.6 is 11.8 Å². The molecule has 0 saturated carbocycles. The Bertz CT molecular complexity index is 1180. The summed E-state index contributed by atoms with van der Waals surface area (Å²) >= 11 is 1.38. The molecule has 156 valence electrons.